The molecule has 1 aromatic rings. The van der Waals surface area contributed by atoms with Crippen molar-refractivity contribution in [2.24, 2.45) is 0 Å². The van der Waals surface area contributed by atoms with Crippen molar-refractivity contribution in [3.05, 3.63) is 23.8 Å². The molecule has 1 N–H and O–H groups in total. The van der Waals surface area contributed by atoms with E-state index in [0.717, 1.165) is 17.1 Å². The molecule has 0 aliphatic rings. The SMILES string of the molecule is CCOc1cccc(CNC)c1OCCCC(=O)OC. The summed E-state index contributed by atoms with van der Waals surface area (Å²) in [6, 6.07) is 5.83. The van der Waals surface area contributed by atoms with Gasteiger partial charge in [0.15, 0.2) is 11.5 Å². The van der Waals surface area contributed by atoms with Crippen LogP contribution in [0.15, 0.2) is 18.2 Å². The highest BCUT2D eigenvalue weighted by Gasteiger charge is 2.11. The van der Waals surface area contributed by atoms with Crippen LogP contribution in [0.2, 0.25) is 0 Å². The summed E-state index contributed by atoms with van der Waals surface area (Å²) in [5.41, 5.74) is 1.04. The monoisotopic (exact) mass is 281 g/mol. The summed E-state index contributed by atoms with van der Waals surface area (Å²) in [5, 5.41) is 3.10. The van der Waals surface area contributed by atoms with Crippen LogP contribution in [0.4, 0.5) is 0 Å². The van der Waals surface area contributed by atoms with Crippen LogP contribution in [0.1, 0.15) is 25.3 Å². The molecule has 0 saturated carbocycles. The second-order valence-electron chi connectivity index (χ2n) is 4.24. The molecule has 0 unspecified atom stereocenters. The standard InChI is InChI=1S/C15H23NO4/c1-4-19-13-8-5-7-12(11-16-2)15(13)20-10-6-9-14(17)18-3/h5,7-8,16H,4,6,9-11H2,1-3H3. The first-order valence-electron chi connectivity index (χ1n) is 6.81. The fourth-order valence-electron chi connectivity index (χ4n) is 1.82. The number of ether oxygens (including phenoxy) is 3. The van der Waals surface area contributed by atoms with Crippen molar-refractivity contribution in [2.75, 3.05) is 27.4 Å². The quantitative estimate of drug-likeness (QED) is 0.555. The van der Waals surface area contributed by atoms with Gasteiger partial charge in [-0.25, -0.2) is 0 Å². The van der Waals surface area contributed by atoms with Crippen LogP contribution >= 0.6 is 0 Å². The number of carbonyl (C=O) groups is 1. The number of benzene rings is 1. The fraction of sp³-hybridized carbons (Fsp3) is 0.533. The molecule has 0 aromatic heterocycles. The maximum atomic E-state index is 11.0. The largest absolute Gasteiger partial charge is 0.490 e. The molecule has 0 fully saturated rings. The van der Waals surface area contributed by atoms with Crippen LogP contribution < -0.4 is 14.8 Å². The molecule has 0 atom stereocenters. The van der Waals surface area contributed by atoms with Crippen LogP contribution in [0.3, 0.4) is 0 Å². The molecule has 1 aromatic carbocycles. The molecule has 0 amide bonds. The minimum atomic E-state index is -0.220. The zero-order valence-corrected chi connectivity index (χ0v) is 12.4. The molecular weight excluding hydrogens is 258 g/mol. The first kappa shape index (κ1) is 16.3. The predicted molar refractivity (Wildman–Crippen MR) is 77.1 cm³/mol. The second-order valence-corrected chi connectivity index (χ2v) is 4.24. The van der Waals surface area contributed by atoms with Gasteiger partial charge < -0.3 is 19.5 Å². The van der Waals surface area contributed by atoms with Gasteiger partial charge in [0.05, 0.1) is 20.3 Å². The Labute approximate surface area is 120 Å². The van der Waals surface area contributed by atoms with Gasteiger partial charge in [-0.1, -0.05) is 12.1 Å². The third-order valence-corrected chi connectivity index (χ3v) is 2.73. The minimum absolute atomic E-state index is 0.220. The summed E-state index contributed by atoms with van der Waals surface area (Å²) in [5.74, 6) is 1.26. The van der Waals surface area contributed by atoms with Gasteiger partial charge in [-0.3, -0.25) is 4.79 Å². The van der Waals surface area contributed by atoms with Crippen molar-refractivity contribution < 1.29 is 19.0 Å². The summed E-state index contributed by atoms with van der Waals surface area (Å²) in [4.78, 5) is 11.0. The molecule has 0 aliphatic heterocycles. The van der Waals surface area contributed by atoms with Gasteiger partial charge >= 0.3 is 5.97 Å². The fourth-order valence-corrected chi connectivity index (χ4v) is 1.82. The van der Waals surface area contributed by atoms with E-state index >= 15 is 0 Å². The normalized spacial score (nSPS) is 10.2. The van der Waals surface area contributed by atoms with Crippen molar-refractivity contribution in [3.8, 4) is 11.5 Å². The Bertz CT molecular complexity index is 396. The van der Waals surface area contributed by atoms with E-state index in [0.29, 0.717) is 32.6 Å². The van der Waals surface area contributed by atoms with Gasteiger partial charge in [-0.05, 0) is 26.5 Å². The molecule has 112 valence electrons. The predicted octanol–water partition coefficient (Wildman–Crippen LogP) is 2.14. The number of nitrogens with one attached hydrogen (secondary N) is 1. The molecule has 5 heteroatoms. The van der Waals surface area contributed by atoms with Crippen LogP contribution in [0.5, 0.6) is 11.5 Å². The Morgan fingerprint density at radius 3 is 2.75 bits per heavy atom. The first-order chi connectivity index (χ1) is 9.72. The van der Waals surface area contributed by atoms with E-state index in [4.69, 9.17) is 9.47 Å². The van der Waals surface area contributed by atoms with Crippen LogP contribution in [-0.2, 0) is 16.1 Å². The lowest BCUT2D eigenvalue weighted by atomic mass is 10.2. The highest BCUT2D eigenvalue weighted by molar-refractivity contribution is 5.69. The molecule has 0 radical (unpaired) electrons. The lowest BCUT2D eigenvalue weighted by Gasteiger charge is -2.15. The van der Waals surface area contributed by atoms with E-state index in [-0.39, 0.29) is 5.97 Å². The number of carbonyl (C=O) groups excluding carboxylic acids is 1. The van der Waals surface area contributed by atoms with Crippen LogP contribution in [0.25, 0.3) is 0 Å². The number of rotatable bonds is 9. The average Bonchev–Trinajstić information content (AvgIpc) is 2.46. The van der Waals surface area contributed by atoms with E-state index in [9.17, 15) is 4.79 Å². The Morgan fingerprint density at radius 2 is 2.10 bits per heavy atom. The number of esters is 1. The Balaban J connectivity index is 2.66. The number of hydrogen-bond donors (Lipinski definition) is 1. The van der Waals surface area contributed by atoms with Crippen LogP contribution in [0, 0.1) is 0 Å². The van der Waals surface area contributed by atoms with Gasteiger partial charge in [0, 0.05) is 18.5 Å². The van der Waals surface area contributed by atoms with E-state index in [1.165, 1.54) is 7.11 Å². The molecule has 20 heavy (non-hydrogen) atoms. The topological polar surface area (TPSA) is 56.8 Å². The van der Waals surface area contributed by atoms with Crippen LogP contribution in [-0.4, -0.2) is 33.3 Å². The van der Waals surface area contributed by atoms with Gasteiger partial charge in [-0.2, -0.15) is 0 Å². The summed E-state index contributed by atoms with van der Waals surface area (Å²) < 4.78 is 16.0. The molecule has 0 heterocycles. The Kier molecular flexibility index (Phi) is 7.50. The molecule has 0 saturated heterocycles. The molecule has 5 nitrogen and oxygen atoms in total. The van der Waals surface area contributed by atoms with Gasteiger partial charge in [0.1, 0.15) is 0 Å². The molecule has 0 spiro atoms. The maximum absolute atomic E-state index is 11.0. The third-order valence-electron chi connectivity index (χ3n) is 2.73. The second kappa shape index (κ2) is 9.20. The van der Waals surface area contributed by atoms with Crippen molar-refractivity contribution in [2.45, 2.75) is 26.3 Å². The summed E-state index contributed by atoms with van der Waals surface area (Å²) in [6.07, 6.45) is 0.973. The first-order valence-corrected chi connectivity index (χ1v) is 6.81. The van der Waals surface area contributed by atoms with Gasteiger partial charge in [0.2, 0.25) is 0 Å². The number of hydrogen-bond acceptors (Lipinski definition) is 5. The van der Waals surface area contributed by atoms with Crippen molar-refractivity contribution in [3.63, 3.8) is 0 Å². The zero-order valence-electron chi connectivity index (χ0n) is 12.4. The minimum Gasteiger partial charge on any atom is -0.490 e. The molecular formula is C15H23NO4. The van der Waals surface area contributed by atoms with Gasteiger partial charge in [-0.15, -0.1) is 0 Å². The van der Waals surface area contributed by atoms with E-state index < -0.39 is 0 Å². The lowest BCUT2D eigenvalue weighted by molar-refractivity contribution is -0.140. The van der Waals surface area contributed by atoms with E-state index in [2.05, 4.69) is 10.1 Å². The highest BCUT2D eigenvalue weighted by atomic mass is 16.5. The summed E-state index contributed by atoms with van der Waals surface area (Å²) >= 11 is 0. The van der Waals surface area contributed by atoms with Crippen molar-refractivity contribution in [1.29, 1.82) is 0 Å². The van der Waals surface area contributed by atoms with Crippen molar-refractivity contribution in [1.82, 2.24) is 5.32 Å². The Morgan fingerprint density at radius 1 is 1.30 bits per heavy atom. The zero-order chi connectivity index (χ0) is 14.8. The molecule has 0 aliphatic carbocycles. The lowest BCUT2D eigenvalue weighted by Crippen LogP contribution is -2.10. The smallest absolute Gasteiger partial charge is 0.305 e. The van der Waals surface area contributed by atoms with E-state index in [1.54, 1.807) is 0 Å². The number of methoxy groups -OCH3 is 1. The average molecular weight is 281 g/mol. The molecule has 1 rings (SSSR count). The highest BCUT2D eigenvalue weighted by Crippen LogP contribution is 2.31. The third kappa shape index (κ3) is 5.09. The van der Waals surface area contributed by atoms with Gasteiger partial charge in [0.25, 0.3) is 0 Å². The Hall–Kier alpha value is -1.75. The summed E-state index contributed by atoms with van der Waals surface area (Å²) in [6.45, 7) is 3.68. The van der Waals surface area contributed by atoms with Crippen molar-refractivity contribution >= 4 is 5.97 Å². The summed E-state index contributed by atoms with van der Waals surface area (Å²) in [7, 11) is 3.27. The maximum Gasteiger partial charge on any atom is 0.305 e. The van der Waals surface area contributed by atoms with E-state index in [1.807, 2.05) is 32.2 Å². The molecule has 0 bridgehead atoms. The number of para-hydroxylation sites is 1.